The summed E-state index contributed by atoms with van der Waals surface area (Å²) in [4.78, 5) is 12.8. The molecule has 4 rings (SSSR count). The Balaban J connectivity index is 1.60. The number of aromatic nitrogens is 2. The molecule has 2 unspecified atom stereocenters. The van der Waals surface area contributed by atoms with Crippen molar-refractivity contribution in [2.75, 3.05) is 6.54 Å². The van der Waals surface area contributed by atoms with Gasteiger partial charge in [-0.2, -0.15) is 5.10 Å². The van der Waals surface area contributed by atoms with E-state index in [1.54, 1.807) is 0 Å². The summed E-state index contributed by atoms with van der Waals surface area (Å²) in [6, 6.07) is 8.49. The number of H-pyrrole nitrogens is 1. The van der Waals surface area contributed by atoms with Crippen LogP contribution in [0.4, 0.5) is 0 Å². The summed E-state index contributed by atoms with van der Waals surface area (Å²) in [5.41, 5.74) is 5.25. The highest BCUT2D eigenvalue weighted by Gasteiger charge is 2.30. The molecule has 1 amide bonds. The molecule has 3 N–H and O–H groups in total. The molecular formula is C18H22N4O. The lowest BCUT2D eigenvalue weighted by molar-refractivity contribution is 0.0913. The number of carbonyl (C=O) groups is 1. The van der Waals surface area contributed by atoms with Gasteiger partial charge in [-0.1, -0.05) is 31.2 Å². The molecule has 0 saturated carbocycles. The molecule has 5 heteroatoms. The molecule has 0 fully saturated rings. The van der Waals surface area contributed by atoms with Crippen molar-refractivity contribution in [3.8, 4) is 0 Å². The van der Waals surface area contributed by atoms with Crippen molar-refractivity contribution in [3.63, 3.8) is 0 Å². The highest BCUT2D eigenvalue weighted by Crippen LogP contribution is 2.34. The first-order valence-corrected chi connectivity index (χ1v) is 8.39. The van der Waals surface area contributed by atoms with Gasteiger partial charge in [0.05, 0.1) is 6.04 Å². The predicted molar refractivity (Wildman–Crippen MR) is 88.1 cm³/mol. The van der Waals surface area contributed by atoms with Gasteiger partial charge in [0.15, 0.2) is 5.69 Å². The van der Waals surface area contributed by atoms with Gasteiger partial charge in [-0.15, -0.1) is 0 Å². The summed E-state index contributed by atoms with van der Waals surface area (Å²) in [7, 11) is 0. The highest BCUT2D eigenvalue weighted by molar-refractivity contribution is 5.94. The zero-order valence-electron chi connectivity index (χ0n) is 13.4. The molecule has 1 aromatic carbocycles. The smallest absolute Gasteiger partial charge is 0.272 e. The third-order valence-electron chi connectivity index (χ3n) is 5.14. The third kappa shape index (κ3) is 2.55. The summed E-state index contributed by atoms with van der Waals surface area (Å²) in [5, 5.41) is 13.8. The quantitative estimate of drug-likeness (QED) is 0.795. The molecule has 0 spiro atoms. The zero-order chi connectivity index (χ0) is 15.8. The molecule has 5 nitrogen and oxygen atoms in total. The van der Waals surface area contributed by atoms with Crippen LogP contribution in [0.15, 0.2) is 24.3 Å². The second-order valence-electron chi connectivity index (χ2n) is 6.62. The maximum absolute atomic E-state index is 12.8. The van der Waals surface area contributed by atoms with Crippen LogP contribution >= 0.6 is 0 Å². The first-order chi connectivity index (χ1) is 11.2. The fourth-order valence-corrected chi connectivity index (χ4v) is 3.76. The van der Waals surface area contributed by atoms with Gasteiger partial charge in [0.25, 0.3) is 5.91 Å². The molecule has 0 bridgehead atoms. The molecule has 0 radical (unpaired) electrons. The van der Waals surface area contributed by atoms with Crippen LogP contribution in [0.1, 0.15) is 52.3 Å². The highest BCUT2D eigenvalue weighted by atomic mass is 16.2. The molecule has 2 aliphatic rings. The number of aryl methyl sites for hydroxylation is 1. The van der Waals surface area contributed by atoms with Crippen LogP contribution in [-0.4, -0.2) is 22.6 Å². The molecular weight excluding hydrogens is 288 g/mol. The molecule has 120 valence electrons. The topological polar surface area (TPSA) is 69.8 Å². The lowest BCUT2D eigenvalue weighted by Crippen LogP contribution is -2.36. The number of benzene rings is 1. The lowest BCUT2D eigenvalue weighted by atomic mass is 9.80. The van der Waals surface area contributed by atoms with Crippen molar-refractivity contribution < 1.29 is 4.79 Å². The summed E-state index contributed by atoms with van der Waals surface area (Å²) >= 11 is 0. The number of nitrogens with zero attached hydrogens (tertiary/aromatic N) is 1. The van der Waals surface area contributed by atoms with Gasteiger partial charge in [0, 0.05) is 30.8 Å². The first kappa shape index (κ1) is 14.5. The van der Waals surface area contributed by atoms with E-state index in [9.17, 15) is 4.79 Å². The Morgan fingerprint density at radius 3 is 3.09 bits per heavy atom. The van der Waals surface area contributed by atoms with E-state index < -0.39 is 0 Å². The number of fused-ring (bicyclic) bond motifs is 2. The van der Waals surface area contributed by atoms with Crippen LogP contribution in [0.2, 0.25) is 0 Å². The first-order valence-electron chi connectivity index (χ1n) is 8.39. The SMILES string of the molecule is CC1CCc2ccccc2C1NC(=O)c1n[nH]c2c1CNCC2. The number of rotatable bonds is 2. The maximum Gasteiger partial charge on any atom is 0.272 e. The van der Waals surface area contributed by atoms with Crippen LogP contribution in [0.3, 0.4) is 0 Å². The van der Waals surface area contributed by atoms with E-state index in [0.717, 1.165) is 37.1 Å². The minimum atomic E-state index is -0.0697. The molecule has 2 aromatic rings. The standard InChI is InChI=1S/C18H22N4O/c1-11-6-7-12-4-2-3-5-13(12)16(11)20-18(23)17-14-10-19-9-8-15(14)21-22-17/h2-5,11,16,19H,6-10H2,1H3,(H,20,23)(H,21,22). The average Bonchev–Trinajstić information content (AvgIpc) is 3.01. The van der Waals surface area contributed by atoms with Crippen molar-refractivity contribution in [1.29, 1.82) is 0 Å². The summed E-state index contributed by atoms with van der Waals surface area (Å²) in [6.45, 7) is 3.86. The van der Waals surface area contributed by atoms with Crippen molar-refractivity contribution in [2.45, 2.75) is 38.8 Å². The van der Waals surface area contributed by atoms with E-state index in [-0.39, 0.29) is 11.9 Å². The normalized spacial score (nSPS) is 23.0. The Morgan fingerprint density at radius 1 is 1.30 bits per heavy atom. The number of aromatic amines is 1. The van der Waals surface area contributed by atoms with E-state index in [1.165, 1.54) is 11.1 Å². The molecule has 23 heavy (non-hydrogen) atoms. The Labute approximate surface area is 135 Å². The van der Waals surface area contributed by atoms with Gasteiger partial charge in [-0.05, 0) is 29.9 Å². The van der Waals surface area contributed by atoms with Crippen LogP contribution in [0.25, 0.3) is 0 Å². The van der Waals surface area contributed by atoms with Gasteiger partial charge in [0.2, 0.25) is 0 Å². The van der Waals surface area contributed by atoms with Gasteiger partial charge < -0.3 is 10.6 Å². The van der Waals surface area contributed by atoms with E-state index >= 15 is 0 Å². The Hall–Kier alpha value is -2.14. The average molecular weight is 310 g/mol. The Morgan fingerprint density at radius 2 is 2.17 bits per heavy atom. The molecule has 0 saturated heterocycles. The van der Waals surface area contributed by atoms with Crippen molar-refractivity contribution in [2.24, 2.45) is 5.92 Å². The third-order valence-corrected chi connectivity index (χ3v) is 5.14. The van der Waals surface area contributed by atoms with Crippen molar-refractivity contribution in [1.82, 2.24) is 20.8 Å². The second-order valence-corrected chi connectivity index (χ2v) is 6.62. The number of carbonyl (C=O) groups excluding carboxylic acids is 1. The minimum Gasteiger partial charge on any atom is -0.344 e. The van der Waals surface area contributed by atoms with Crippen LogP contribution in [0, 0.1) is 5.92 Å². The molecule has 1 aromatic heterocycles. The lowest BCUT2D eigenvalue weighted by Gasteiger charge is -2.32. The van der Waals surface area contributed by atoms with Crippen LogP contribution in [-0.2, 0) is 19.4 Å². The maximum atomic E-state index is 12.8. The number of hydrogen-bond acceptors (Lipinski definition) is 3. The minimum absolute atomic E-state index is 0.0661. The largest absolute Gasteiger partial charge is 0.344 e. The molecule has 2 atom stereocenters. The van der Waals surface area contributed by atoms with E-state index in [0.29, 0.717) is 18.2 Å². The summed E-state index contributed by atoms with van der Waals surface area (Å²) in [5.74, 6) is 0.362. The predicted octanol–water partition coefficient (Wildman–Crippen LogP) is 2.11. The van der Waals surface area contributed by atoms with Crippen LogP contribution in [0.5, 0.6) is 0 Å². The van der Waals surface area contributed by atoms with E-state index in [4.69, 9.17) is 0 Å². The van der Waals surface area contributed by atoms with Crippen molar-refractivity contribution in [3.05, 3.63) is 52.3 Å². The number of hydrogen-bond donors (Lipinski definition) is 3. The van der Waals surface area contributed by atoms with Gasteiger partial charge >= 0.3 is 0 Å². The fourth-order valence-electron chi connectivity index (χ4n) is 3.76. The molecule has 1 aliphatic heterocycles. The molecule has 1 aliphatic carbocycles. The van der Waals surface area contributed by atoms with E-state index in [1.807, 2.05) is 0 Å². The Kier molecular flexibility index (Phi) is 3.65. The van der Waals surface area contributed by atoms with E-state index in [2.05, 4.69) is 52.0 Å². The fraction of sp³-hybridized carbons (Fsp3) is 0.444. The monoisotopic (exact) mass is 310 g/mol. The summed E-state index contributed by atoms with van der Waals surface area (Å²) < 4.78 is 0. The number of nitrogens with one attached hydrogen (secondary N) is 3. The van der Waals surface area contributed by atoms with Gasteiger partial charge in [0.1, 0.15) is 0 Å². The molecule has 2 heterocycles. The van der Waals surface area contributed by atoms with Gasteiger partial charge in [-0.25, -0.2) is 0 Å². The van der Waals surface area contributed by atoms with Gasteiger partial charge in [-0.3, -0.25) is 9.89 Å². The van der Waals surface area contributed by atoms with Crippen molar-refractivity contribution >= 4 is 5.91 Å². The zero-order valence-corrected chi connectivity index (χ0v) is 13.4. The number of amides is 1. The van der Waals surface area contributed by atoms with Crippen LogP contribution < -0.4 is 10.6 Å². The Bertz CT molecular complexity index is 736. The second kappa shape index (κ2) is 5.81. The summed E-state index contributed by atoms with van der Waals surface area (Å²) in [6.07, 6.45) is 3.09.